The molecule has 0 aliphatic carbocycles. The number of aliphatic hydroxyl groups excluding tert-OH is 1. The first-order valence-electron chi connectivity index (χ1n) is 4.76. The van der Waals surface area contributed by atoms with Crippen molar-refractivity contribution in [1.29, 1.82) is 0 Å². The van der Waals surface area contributed by atoms with Crippen molar-refractivity contribution in [3.8, 4) is 0 Å². The van der Waals surface area contributed by atoms with Crippen LogP contribution in [-0.4, -0.2) is 40.9 Å². The molecule has 0 aromatic carbocycles. The first kappa shape index (κ1) is 9.92. The van der Waals surface area contributed by atoms with Crippen LogP contribution in [0, 0.1) is 5.92 Å². The summed E-state index contributed by atoms with van der Waals surface area (Å²) >= 11 is 0. The number of rotatable bonds is 3. The summed E-state index contributed by atoms with van der Waals surface area (Å²) in [6.45, 7) is 1.74. The van der Waals surface area contributed by atoms with E-state index in [0.717, 1.165) is 18.8 Å². The quantitative estimate of drug-likeness (QED) is 0.742. The molecule has 5 heteroatoms. The Balaban J connectivity index is 2.10. The molecule has 0 unspecified atom stereocenters. The van der Waals surface area contributed by atoms with Crippen LogP contribution in [0.1, 0.15) is 10.5 Å². The number of pyridine rings is 1. The number of aromatic nitrogens is 1. The van der Waals surface area contributed by atoms with Gasteiger partial charge in [-0.3, -0.25) is 0 Å². The molecule has 1 aromatic rings. The zero-order chi connectivity index (χ0) is 10.8. The third kappa shape index (κ3) is 1.92. The monoisotopic (exact) mass is 208 g/mol. The van der Waals surface area contributed by atoms with Crippen LogP contribution in [0.5, 0.6) is 0 Å². The SMILES string of the molecule is O=C(O)c1cc(N2CC(CO)C2)ccn1. The lowest BCUT2D eigenvalue weighted by Crippen LogP contribution is -2.48. The summed E-state index contributed by atoms with van der Waals surface area (Å²) in [6.07, 6.45) is 1.49. The van der Waals surface area contributed by atoms with E-state index in [4.69, 9.17) is 10.2 Å². The van der Waals surface area contributed by atoms with E-state index in [0.29, 0.717) is 5.92 Å². The molecular formula is C10H12N2O3. The van der Waals surface area contributed by atoms with Gasteiger partial charge in [0.1, 0.15) is 5.69 Å². The molecule has 0 atom stereocenters. The van der Waals surface area contributed by atoms with E-state index in [2.05, 4.69) is 4.98 Å². The van der Waals surface area contributed by atoms with Crippen molar-refractivity contribution < 1.29 is 15.0 Å². The lowest BCUT2D eigenvalue weighted by atomic mass is 10.0. The van der Waals surface area contributed by atoms with Crippen molar-refractivity contribution >= 4 is 11.7 Å². The molecule has 1 saturated heterocycles. The highest BCUT2D eigenvalue weighted by atomic mass is 16.4. The maximum atomic E-state index is 10.7. The van der Waals surface area contributed by atoms with Crippen molar-refractivity contribution in [2.24, 2.45) is 5.92 Å². The van der Waals surface area contributed by atoms with Gasteiger partial charge in [0.05, 0.1) is 0 Å². The third-order valence-corrected chi connectivity index (χ3v) is 2.54. The van der Waals surface area contributed by atoms with E-state index in [9.17, 15) is 4.79 Å². The molecule has 0 bridgehead atoms. The minimum atomic E-state index is -1.02. The fourth-order valence-corrected chi connectivity index (χ4v) is 1.63. The van der Waals surface area contributed by atoms with Gasteiger partial charge in [-0.2, -0.15) is 0 Å². The maximum absolute atomic E-state index is 10.7. The molecular weight excluding hydrogens is 196 g/mol. The minimum Gasteiger partial charge on any atom is -0.477 e. The number of anilines is 1. The average molecular weight is 208 g/mol. The van der Waals surface area contributed by atoms with Crippen molar-refractivity contribution in [3.63, 3.8) is 0 Å². The molecule has 1 fully saturated rings. The number of nitrogens with zero attached hydrogens (tertiary/aromatic N) is 2. The Kier molecular flexibility index (Phi) is 2.55. The second-order valence-corrected chi connectivity index (χ2v) is 3.66. The highest BCUT2D eigenvalue weighted by Crippen LogP contribution is 2.24. The largest absolute Gasteiger partial charge is 0.477 e. The van der Waals surface area contributed by atoms with E-state index in [-0.39, 0.29) is 12.3 Å². The van der Waals surface area contributed by atoms with Crippen LogP contribution in [0.3, 0.4) is 0 Å². The van der Waals surface area contributed by atoms with Crippen molar-refractivity contribution in [3.05, 3.63) is 24.0 Å². The lowest BCUT2D eigenvalue weighted by Gasteiger charge is -2.40. The Morgan fingerprint density at radius 3 is 2.93 bits per heavy atom. The molecule has 0 spiro atoms. The Labute approximate surface area is 87.0 Å². The Morgan fingerprint density at radius 1 is 1.60 bits per heavy atom. The van der Waals surface area contributed by atoms with Crippen LogP contribution in [0.25, 0.3) is 0 Å². The number of carboxylic acids is 1. The molecule has 5 nitrogen and oxygen atoms in total. The number of aromatic carboxylic acids is 1. The zero-order valence-electron chi connectivity index (χ0n) is 8.13. The fourth-order valence-electron chi connectivity index (χ4n) is 1.63. The van der Waals surface area contributed by atoms with Crippen LogP contribution in [-0.2, 0) is 0 Å². The molecule has 2 rings (SSSR count). The molecule has 1 aliphatic rings. The number of aliphatic hydroxyl groups is 1. The molecule has 0 amide bonds. The molecule has 1 aromatic heterocycles. The smallest absolute Gasteiger partial charge is 0.354 e. The molecule has 0 saturated carbocycles. The summed E-state index contributed by atoms with van der Waals surface area (Å²) in [5.41, 5.74) is 0.909. The summed E-state index contributed by atoms with van der Waals surface area (Å²) in [7, 11) is 0. The summed E-state index contributed by atoms with van der Waals surface area (Å²) in [5, 5.41) is 17.6. The third-order valence-electron chi connectivity index (χ3n) is 2.54. The average Bonchev–Trinajstić information content (AvgIpc) is 2.16. The number of hydrogen-bond donors (Lipinski definition) is 2. The van der Waals surface area contributed by atoms with E-state index in [1.165, 1.54) is 6.20 Å². The number of carbonyl (C=O) groups is 1. The van der Waals surface area contributed by atoms with E-state index < -0.39 is 5.97 Å². The minimum absolute atomic E-state index is 0.0555. The first-order valence-corrected chi connectivity index (χ1v) is 4.76. The molecule has 15 heavy (non-hydrogen) atoms. The number of hydrogen-bond acceptors (Lipinski definition) is 4. The van der Waals surface area contributed by atoms with Gasteiger partial charge in [-0.1, -0.05) is 0 Å². The first-order chi connectivity index (χ1) is 7.20. The van der Waals surface area contributed by atoms with Gasteiger partial charge in [-0.05, 0) is 12.1 Å². The highest BCUT2D eigenvalue weighted by molar-refractivity contribution is 5.86. The van der Waals surface area contributed by atoms with Crippen LogP contribution < -0.4 is 4.90 Å². The van der Waals surface area contributed by atoms with Crippen molar-refractivity contribution in [2.75, 3.05) is 24.6 Å². The van der Waals surface area contributed by atoms with Gasteiger partial charge < -0.3 is 15.1 Å². The van der Waals surface area contributed by atoms with Gasteiger partial charge in [0.2, 0.25) is 0 Å². The molecule has 1 aliphatic heterocycles. The van der Waals surface area contributed by atoms with Crippen molar-refractivity contribution in [2.45, 2.75) is 0 Å². The molecule has 80 valence electrons. The van der Waals surface area contributed by atoms with E-state index in [1.54, 1.807) is 12.1 Å². The van der Waals surface area contributed by atoms with Gasteiger partial charge in [-0.15, -0.1) is 0 Å². The number of carboxylic acid groups (broad SMARTS) is 1. The normalized spacial score (nSPS) is 16.2. The molecule has 2 N–H and O–H groups in total. The standard InChI is InChI=1S/C10H12N2O3/c13-6-7-4-12(5-7)8-1-2-11-9(3-8)10(14)15/h1-3,7,13H,4-6H2,(H,14,15). The summed E-state index contributed by atoms with van der Waals surface area (Å²) in [5.74, 6) is -0.706. The van der Waals surface area contributed by atoms with E-state index in [1.807, 2.05) is 4.90 Å². The fraction of sp³-hybridized carbons (Fsp3) is 0.400. The molecule has 2 heterocycles. The predicted octanol–water partition coefficient (Wildman–Crippen LogP) is 0.208. The van der Waals surface area contributed by atoms with Crippen LogP contribution in [0.15, 0.2) is 18.3 Å². The predicted molar refractivity (Wildman–Crippen MR) is 54.0 cm³/mol. The van der Waals surface area contributed by atoms with Crippen LogP contribution in [0.4, 0.5) is 5.69 Å². The van der Waals surface area contributed by atoms with Gasteiger partial charge in [0.25, 0.3) is 0 Å². The van der Waals surface area contributed by atoms with Gasteiger partial charge in [-0.25, -0.2) is 9.78 Å². The summed E-state index contributed by atoms with van der Waals surface area (Å²) in [6, 6.07) is 3.33. The maximum Gasteiger partial charge on any atom is 0.354 e. The Hall–Kier alpha value is -1.62. The van der Waals surface area contributed by atoms with Gasteiger partial charge in [0, 0.05) is 37.5 Å². The highest BCUT2D eigenvalue weighted by Gasteiger charge is 2.26. The van der Waals surface area contributed by atoms with Gasteiger partial charge >= 0.3 is 5.97 Å². The zero-order valence-corrected chi connectivity index (χ0v) is 8.13. The van der Waals surface area contributed by atoms with E-state index >= 15 is 0 Å². The second-order valence-electron chi connectivity index (χ2n) is 3.66. The van der Waals surface area contributed by atoms with Crippen LogP contribution in [0.2, 0.25) is 0 Å². The lowest BCUT2D eigenvalue weighted by molar-refractivity contribution is 0.0690. The van der Waals surface area contributed by atoms with Crippen molar-refractivity contribution in [1.82, 2.24) is 4.98 Å². The Morgan fingerprint density at radius 2 is 2.33 bits per heavy atom. The second kappa shape index (κ2) is 3.86. The summed E-state index contributed by atoms with van der Waals surface area (Å²) in [4.78, 5) is 16.4. The van der Waals surface area contributed by atoms with Gasteiger partial charge in [0.15, 0.2) is 0 Å². The Bertz CT molecular complexity index is 375. The van der Waals surface area contributed by atoms with Crippen LogP contribution >= 0.6 is 0 Å². The molecule has 0 radical (unpaired) electrons. The summed E-state index contributed by atoms with van der Waals surface area (Å²) < 4.78 is 0. The topological polar surface area (TPSA) is 73.7 Å².